The highest BCUT2D eigenvalue weighted by atomic mass is 32.3. The van der Waals surface area contributed by atoms with E-state index < -0.39 is 10.0 Å². The van der Waals surface area contributed by atoms with Crippen LogP contribution in [0.1, 0.15) is 5.56 Å². The average molecular weight is 248 g/mol. The molecular formula is C13H16N2OS. The molecule has 0 N–H and O–H groups in total. The number of rotatable bonds is 1. The van der Waals surface area contributed by atoms with E-state index in [1.54, 1.807) is 13.4 Å². The first-order valence-electron chi connectivity index (χ1n) is 5.20. The van der Waals surface area contributed by atoms with Gasteiger partial charge in [0.25, 0.3) is 0 Å². The van der Waals surface area contributed by atoms with E-state index in [0.29, 0.717) is 0 Å². The molecule has 2 aromatic rings. The van der Waals surface area contributed by atoms with E-state index >= 15 is 0 Å². The van der Waals surface area contributed by atoms with Crippen molar-refractivity contribution in [2.24, 2.45) is 0 Å². The molecule has 0 amide bonds. The molecule has 2 heterocycles. The van der Waals surface area contributed by atoms with Crippen LogP contribution in [0.3, 0.4) is 0 Å². The maximum atomic E-state index is 5.25. The lowest BCUT2D eigenvalue weighted by Crippen LogP contribution is -1.92. The van der Waals surface area contributed by atoms with Gasteiger partial charge in [0, 0.05) is 0 Å². The van der Waals surface area contributed by atoms with Crippen molar-refractivity contribution in [2.45, 2.75) is 0 Å². The van der Waals surface area contributed by atoms with E-state index in [4.69, 9.17) is 4.74 Å². The zero-order chi connectivity index (χ0) is 12.5. The van der Waals surface area contributed by atoms with Gasteiger partial charge < -0.3 is 9.14 Å². The SMILES string of the molecule is COc1cc(C#CS(C)(C)C)c2cncn2c1. The van der Waals surface area contributed by atoms with Crippen molar-refractivity contribution < 1.29 is 4.74 Å². The van der Waals surface area contributed by atoms with Crippen molar-refractivity contribution in [1.82, 2.24) is 9.38 Å². The summed E-state index contributed by atoms with van der Waals surface area (Å²) in [6.45, 7) is 0. The number of aromatic nitrogens is 2. The summed E-state index contributed by atoms with van der Waals surface area (Å²) in [5, 5.41) is 3.31. The standard InChI is InChI=1S/C13H16N2OS/c1-16-12-7-11(5-6-17(2,3)4)13-8-14-10-15(13)9-12/h7-10H,1-4H3. The van der Waals surface area contributed by atoms with Crippen LogP contribution in [0.2, 0.25) is 0 Å². The Labute approximate surface area is 103 Å². The van der Waals surface area contributed by atoms with Crippen molar-refractivity contribution in [2.75, 3.05) is 25.9 Å². The molecule has 0 aliphatic rings. The van der Waals surface area contributed by atoms with Crippen molar-refractivity contribution in [1.29, 1.82) is 0 Å². The van der Waals surface area contributed by atoms with Crippen LogP contribution in [-0.2, 0) is 0 Å². The van der Waals surface area contributed by atoms with Crippen LogP contribution in [0.15, 0.2) is 24.8 Å². The second-order valence-electron chi connectivity index (χ2n) is 4.54. The Morgan fingerprint density at radius 1 is 1.35 bits per heavy atom. The molecule has 17 heavy (non-hydrogen) atoms. The number of hydrogen-bond acceptors (Lipinski definition) is 2. The minimum atomic E-state index is -0.825. The largest absolute Gasteiger partial charge is 0.495 e. The fourth-order valence-corrected chi connectivity index (χ4v) is 1.84. The first-order valence-corrected chi connectivity index (χ1v) is 8.06. The number of imidazole rings is 1. The smallest absolute Gasteiger partial charge is 0.136 e. The molecule has 0 saturated heterocycles. The minimum absolute atomic E-state index is 0.795. The fourth-order valence-electron chi connectivity index (χ4n) is 1.43. The first-order chi connectivity index (χ1) is 7.99. The topological polar surface area (TPSA) is 26.5 Å². The molecule has 0 aliphatic heterocycles. The Morgan fingerprint density at radius 3 is 2.76 bits per heavy atom. The molecule has 0 spiro atoms. The summed E-state index contributed by atoms with van der Waals surface area (Å²) in [5.74, 6) is 4.03. The monoisotopic (exact) mass is 248 g/mol. The number of pyridine rings is 1. The Bertz CT molecular complexity index is 599. The number of ether oxygens (including phenoxy) is 1. The lowest BCUT2D eigenvalue weighted by atomic mass is 10.2. The molecular weight excluding hydrogens is 232 g/mol. The number of methoxy groups -OCH3 is 1. The van der Waals surface area contributed by atoms with Crippen molar-refractivity contribution in [3.63, 3.8) is 0 Å². The maximum Gasteiger partial charge on any atom is 0.136 e. The van der Waals surface area contributed by atoms with Gasteiger partial charge >= 0.3 is 0 Å². The van der Waals surface area contributed by atoms with Crippen LogP contribution in [0, 0.1) is 11.2 Å². The molecule has 0 bridgehead atoms. The quantitative estimate of drug-likeness (QED) is 0.724. The Balaban J connectivity index is 2.57. The van der Waals surface area contributed by atoms with Gasteiger partial charge in [-0.3, -0.25) is 0 Å². The lowest BCUT2D eigenvalue weighted by molar-refractivity contribution is 0.412. The van der Waals surface area contributed by atoms with Crippen LogP contribution in [-0.4, -0.2) is 35.3 Å². The van der Waals surface area contributed by atoms with Crippen molar-refractivity contribution >= 4 is 15.5 Å². The highest BCUT2D eigenvalue weighted by molar-refractivity contribution is 8.35. The third-order valence-corrected chi connectivity index (χ3v) is 2.94. The van der Waals surface area contributed by atoms with E-state index in [-0.39, 0.29) is 0 Å². The van der Waals surface area contributed by atoms with Gasteiger partial charge in [0.05, 0.1) is 36.9 Å². The molecule has 0 radical (unpaired) electrons. The van der Waals surface area contributed by atoms with Crippen LogP contribution >= 0.6 is 10.0 Å². The second-order valence-corrected chi connectivity index (χ2v) is 8.42. The summed E-state index contributed by atoms with van der Waals surface area (Å²) < 4.78 is 7.19. The molecule has 0 unspecified atom stereocenters. The number of hydrogen-bond donors (Lipinski definition) is 0. The van der Waals surface area contributed by atoms with Crippen LogP contribution in [0.25, 0.3) is 5.52 Å². The Kier molecular flexibility index (Phi) is 3.03. The zero-order valence-corrected chi connectivity index (χ0v) is 11.3. The fraction of sp³-hybridized carbons (Fsp3) is 0.308. The normalized spacial score (nSPS) is 12.0. The predicted octanol–water partition coefficient (Wildman–Crippen LogP) is 2.35. The van der Waals surface area contributed by atoms with E-state index in [1.807, 2.05) is 22.9 Å². The number of nitrogens with zero attached hydrogens (tertiary/aromatic N) is 2. The molecule has 0 aromatic carbocycles. The van der Waals surface area contributed by atoms with Crippen molar-refractivity contribution in [3.8, 4) is 16.9 Å². The van der Waals surface area contributed by atoms with E-state index in [1.165, 1.54) is 0 Å². The van der Waals surface area contributed by atoms with Gasteiger partial charge in [-0.25, -0.2) is 4.98 Å². The van der Waals surface area contributed by atoms with Gasteiger partial charge in [0.2, 0.25) is 0 Å². The minimum Gasteiger partial charge on any atom is -0.495 e. The lowest BCUT2D eigenvalue weighted by Gasteiger charge is -2.15. The van der Waals surface area contributed by atoms with Gasteiger partial charge in [0.1, 0.15) is 5.75 Å². The van der Waals surface area contributed by atoms with Gasteiger partial charge in [-0.05, 0) is 30.1 Å². The van der Waals surface area contributed by atoms with Gasteiger partial charge in [0.15, 0.2) is 0 Å². The highest BCUT2D eigenvalue weighted by Crippen LogP contribution is 2.32. The third-order valence-electron chi connectivity index (χ3n) is 2.22. The van der Waals surface area contributed by atoms with E-state index in [9.17, 15) is 0 Å². The predicted molar refractivity (Wildman–Crippen MR) is 74.0 cm³/mol. The Morgan fingerprint density at radius 2 is 2.12 bits per heavy atom. The van der Waals surface area contributed by atoms with Gasteiger partial charge in [-0.2, -0.15) is 10.0 Å². The first kappa shape index (κ1) is 11.9. The summed E-state index contributed by atoms with van der Waals surface area (Å²) in [4.78, 5) is 4.13. The van der Waals surface area contributed by atoms with Crippen LogP contribution in [0.5, 0.6) is 5.75 Å². The molecule has 3 nitrogen and oxygen atoms in total. The summed E-state index contributed by atoms with van der Waals surface area (Å²) in [6, 6.07) is 1.95. The molecule has 0 aliphatic carbocycles. The molecule has 0 atom stereocenters. The highest BCUT2D eigenvalue weighted by Gasteiger charge is 2.04. The molecule has 2 rings (SSSR count). The molecule has 90 valence electrons. The molecule has 0 saturated carbocycles. The van der Waals surface area contributed by atoms with Crippen molar-refractivity contribution in [3.05, 3.63) is 30.4 Å². The summed E-state index contributed by atoms with van der Waals surface area (Å²) in [7, 11) is 0.832. The molecule has 4 heteroatoms. The summed E-state index contributed by atoms with van der Waals surface area (Å²) in [6.07, 6.45) is 12.0. The molecule has 0 fully saturated rings. The Hall–Kier alpha value is -1.60. The van der Waals surface area contributed by atoms with Gasteiger partial charge in [-0.15, -0.1) is 0 Å². The molecule has 2 aromatic heterocycles. The van der Waals surface area contributed by atoms with E-state index in [2.05, 4.69) is 34.9 Å². The summed E-state index contributed by atoms with van der Waals surface area (Å²) >= 11 is 0. The second kappa shape index (κ2) is 4.34. The number of fused-ring (bicyclic) bond motifs is 1. The van der Waals surface area contributed by atoms with Crippen LogP contribution in [0.4, 0.5) is 0 Å². The van der Waals surface area contributed by atoms with Gasteiger partial charge in [-0.1, -0.05) is 5.92 Å². The average Bonchev–Trinajstić information content (AvgIpc) is 2.72. The van der Waals surface area contributed by atoms with E-state index in [0.717, 1.165) is 16.8 Å². The maximum absolute atomic E-state index is 5.25. The summed E-state index contributed by atoms with van der Waals surface area (Å²) in [5.41, 5.74) is 1.98. The zero-order valence-electron chi connectivity index (χ0n) is 10.5. The van der Waals surface area contributed by atoms with Crippen LogP contribution < -0.4 is 4.74 Å². The third kappa shape index (κ3) is 2.75.